The molecule has 43 heavy (non-hydrogen) atoms. The van der Waals surface area contributed by atoms with E-state index in [9.17, 15) is 14.4 Å². The van der Waals surface area contributed by atoms with Crippen molar-refractivity contribution in [1.29, 1.82) is 0 Å². The van der Waals surface area contributed by atoms with E-state index < -0.39 is 5.41 Å². The lowest BCUT2D eigenvalue weighted by molar-refractivity contribution is -0.137. The highest BCUT2D eigenvalue weighted by molar-refractivity contribution is 7.09. The van der Waals surface area contributed by atoms with Crippen LogP contribution in [0.2, 0.25) is 0 Å². The highest BCUT2D eigenvalue weighted by atomic mass is 35.5. The SMILES string of the molecule is CCN1C(=O)C(C)(C)C(=O)N(C)c2cc(OCCCN(CCn3ccc4ccccc4c3=O)Cc3cccs3)ccc21.Cl. The molecule has 0 radical (unpaired) electrons. The van der Waals surface area contributed by atoms with Crippen LogP contribution in [0.1, 0.15) is 32.1 Å². The second-order valence-electron chi connectivity index (χ2n) is 11.1. The number of nitrogens with zero attached hydrogens (tertiary/aromatic N) is 4. The molecule has 1 aliphatic rings. The predicted octanol–water partition coefficient (Wildman–Crippen LogP) is 5.81. The Kier molecular flexibility index (Phi) is 10.3. The molecule has 0 bridgehead atoms. The maximum absolute atomic E-state index is 13.1. The van der Waals surface area contributed by atoms with Gasteiger partial charge in [-0.05, 0) is 68.3 Å². The Morgan fingerprint density at radius 1 is 0.930 bits per heavy atom. The minimum atomic E-state index is -1.14. The van der Waals surface area contributed by atoms with Gasteiger partial charge in [-0.15, -0.1) is 23.7 Å². The number of ether oxygens (including phenoxy) is 1. The van der Waals surface area contributed by atoms with E-state index in [0.29, 0.717) is 36.8 Å². The summed E-state index contributed by atoms with van der Waals surface area (Å²) < 4.78 is 7.93. The normalized spacial score (nSPS) is 14.5. The number of anilines is 2. The summed E-state index contributed by atoms with van der Waals surface area (Å²) in [6, 6.07) is 19.4. The quantitative estimate of drug-likeness (QED) is 0.156. The zero-order valence-electron chi connectivity index (χ0n) is 25.1. The van der Waals surface area contributed by atoms with Gasteiger partial charge in [0.15, 0.2) is 0 Å². The number of thiophene rings is 1. The zero-order valence-corrected chi connectivity index (χ0v) is 26.7. The third-order valence-electron chi connectivity index (χ3n) is 7.92. The third kappa shape index (κ3) is 6.79. The van der Waals surface area contributed by atoms with Gasteiger partial charge in [-0.3, -0.25) is 19.3 Å². The van der Waals surface area contributed by atoms with Crippen molar-refractivity contribution in [2.75, 3.05) is 43.1 Å². The van der Waals surface area contributed by atoms with Gasteiger partial charge in [-0.1, -0.05) is 24.3 Å². The largest absolute Gasteiger partial charge is 0.493 e. The van der Waals surface area contributed by atoms with Gasteiger partial charge in [0.2, 0.25) is 11.8 Å². The summed E-state index contributed by atoms with van der Waals surface area (Å²) in [5, 5.41) is 3.78. The number of hydrogen-bond donors (Lipinski definition) is 0. The molecule has 0 unspecified atom stereocenters. The smallest absolute Gasteiger partial charge is 0.258 e. The molecule has 0 aliphatic carbocycles. The van der Waals surface area contributed by atoms with Crippen molar-refractivity contribution in [3.63, 3.8) is 0 Å². The Hall–Kier alpha value is -3.66. The Morgan fingerprint density at radius 3 is 2.47 bits per heavy atom. The number of halogens is 1. The molecule has 8 nitrogen and oxygen atoms in total. The van der Waals surface area contributed by atoms with Crippen molar-refractivity contribution >= 4 is 57.7 Å². The first-order valence-corrected chi connectivity index (χ1v) is 15.3. The zero-order chi connectivity index (χ0) is 29.9. The monoisotopic (exact) mass is 622 g/mol. The van der Waals surface area contributed by atoms with E-state index in [4.69, 9.17) is 4.74 Å². The fourth-order valence-corrected chi connectivity index (χ4v) is 6.24. The van der Waals surface area contributed by atoms with Crippen LogP contribution in [0.3, 0.4) is 0 Å². The van der Waals surface area contributed by atoms with Crippen LogP contribution < -0.4 is 20.1 Å². The van der Waals surface area contributed by atoms with Crippen LogP contribution in [-0.2, 0) is 22.7 Å². The summed E-state index contributed by atoms with van der Waals surface area (Å²) in [6.07, 6.45) is 2.67. The van der Waals surface area contributed by atoms with Crippen LogP contribution in [0.4, 0.5) is 11.4 Å². The van der Waals surface area contributed by atoms with Crippen LogP contribution >= 0.6 is 23.7 Å². The molecule has 0 spiro atoms. The molecule has 1 aliphatic heterocycles. The topological polar surface area (TPSA) is 75.1 Å². The van der Waals surface area contributed by atoms with E-state index in [0.717, 1.165) is 36.8 Å². The number of rotatable bonds is 11. The van der Waals surface area contributed by atoms with E-state index in [1.54, 1.807) is 46.6 Å². The summed E-state index contributed by atoms with van der Waals surface area (Å²) in [4.78, 5) is 46.2. The number of hydrogen-bond acceptors (Lipinski definition) is 6. The number of pyridine rings is 1. The molecule has 0 atom stereocenters. The average molecular weight is 623 g/mol. The predicted molar refractivity (Wildman–Crippen MR) is 177 cm³/mol. The summed E-state index contributed by atoms with van der Waals surface area (Å²) in [7, 11) is 1.71. The van der Waals surface area contributed by atoms with Crippen molar-refractivity contribution in [1.82, 2.24) is 9.47 Å². The minimum absolute atomic E-state index is 0. The van der Waals surface area contributed by atoms with Crippen molar-refractivity contribution in [2.45, 2.75) is 40.3 Å². The lowest BCUT2D eigenvalue weighted by Crippen LogP contribution is -2.47. The van der Waals surface area contributed by atoms with Crippen LogP contribution in [0.5, 0.6) is 5.75 Å². The third-order valence-corrected chi connectivity index (χ3v) is 8.79. The van der Waals surface area contributed by atoms with Gasteiger partial charge in [-0.2, -0.15) is 0 Å². The molecule has 2 aromatic heterocycles. The average Bonchev–Trinajstić information content (AvgIpc) is 3.50. The molecule has 0 N–H and O–H groups in total. The van der Waals surface area contributed by atoms with Crippen LogP contribution in [0.25, 0.3) is 10.8 Å². The van der Waals surface area contributed by atoms with Gasteiger partial charge < -0.3 is 19.1 Å². The highest BCUT2D eigenvalue weighted by Gasteiger charge is 2.45. The first-order valence-electron chi connectivity index (χ1n) is 14.4. The first kappa shape index (κ1) is 32.3. The molecule has 2 amide bonds. The Bertz CT molecular complexity index is 1640. The van der Waals surface area contributed by atoms with Gasteiger partial charge in [0.25, 0.3) is 5.56 Å². The van der Waals surface area contributed by atoms with Crippen LogP contribution in [-0.4, -0.2) is 54.6 Å². The maximum atomic E-state index is 13.1. The number of carbonyl (C=O) groups excluding carboxylic acids is 2. The van der Waals surface area contributed by atoms with Crippen molar-refractivity contribution in [2.24, 2.45) is 5.41 Å². The van der Waals surface area contributed by atoms with E-state index in [1.807, 2.05) is 61.7 Å². The lowest BCUT2D eigenvalue weighted by atomic mass is 9.90. The van der Waals surface area contributed by atoms with Gasteiger partial charge >= 0.3 is 0 Å². The second-order valence-corrected chi connectivity index (χ2v) is 12.2. The molecule has 2 aromatic carbocycles. The lowest BCUT2D eigenvalue weighted by Gasteiger charge is -2.27. The molecular formula is C33H39ClN4O4S. The molecule has 10 heteroatoms. The summed E-state index contributed by atoms with van der Waals surface area (Å²) in [5.74, 6) is 0.215. The molecule has 5 rings (SSSR count). The molecule has 0 fully saturated rings. The first-order chi connectivity index (χ1) is 20.2. The summed E-state index contributed by atoms with van der Waals surface area (Å²) in [6.45, 7) is 9.19. The molecule has 0 saturated carbocycles. The Balaban J connectivity index is 0.00000423. The standard InChI is InChI=1S/C33H38N4O4S.ClH/c1-5-37-28-14-13-25(22-29(28)34(4)31(39)33(2,3)32(37)40)41-20-9-16-35(23-26-11-8-21-42-26)18-19-36-17-15-24-10-6-7-12-27(24)30(36)38;/h6-8,10-15,17,21-22H,5,9,16,18-20,23H2,1-4H3;1H. The molecule has 4 aromatic rings. The van der Waals surface area contributed by atoms with Gasteiger partial charge in [0.05, 0.1) is 18.0 Å². The summed E-state index contributed by atoms with van der Waals surface area (Å²) >= 11 is 1.73. The number of fused-ring (bicyclic) bond motifs is 2. The number of carbonyl (C=O) groups is 2. The molecule has 3 heterocycles. The van der Waals surface area contributed by atoms with Gasteiger partial charge in [0, 0.05) is 62.3 Å². The van der Waals surface area contributed by atoms with E-state index in [1.165, 1.54) is 4.88 Å². The van der Waals surface area contributed by atoms with E-state index >= 15 is 0 Å². The van der Waals surface area contributed by atoms with Crippen molar-refractivity contribution < 1.29 is 14.3 Å². The number of benzene rings is 2. The Labute approximate surface area is 262 Å². The van der Waals surface area contributed by atoms with E-state index in [2.05, 4.69) is 22.4 Å². The van der Waals surface area contributed by atoms with Crippen LogP contribution in [0.15, 0.2) is 77.0 Å². The number of amides is 2. The van der Waals surface area contributed by atoms with Crippen LogP contribution in [0, 0.1) is 5.41 Å². The fraction of sp³-hybridized carbons (Fsp3) is 0.364. The van der Waals surface area contributed by atoms with E-state index in [-0.39, 0.29) is 29.8 Å². The van der Waals surface area contributed by atoms with Gasteiger partial charge in [0.1, 0.15) is 11.2 Å². The molecular weight excluding hydrogens is 584 g/mol. The molecule has 228 valence electrons. The summed E-state index contributed by atoms with van der Waals surface area (Å²) in [5.41, 5.74) is 0.265. The minimum Gasteiger partial charge on any atom is -0.493 e. The van der Waals surface area contributed by atoms with Crippen molar-refractivity contribution in [3.8, 4) is 5.75 Å². The number of aromatic nitrogens is 1. The Morgan fingerprint density at radius 2 is 1.72 bits per heavy atom. The maximum Gasteiger partial charge on any atom is 0.258 e. The highest BCUT2D eigenvalue weighted by Crippen LogP contribution is 2.40. The second kappa shape index (κ2) is 13.8. The van der Waals surface area contributed by atoms with Gasteiger partial charge in [-0.25, -0.2) is 0 Å². The van der Waals surface area contributed by atoms with Crippen molar-refractivity contribution in [3.05, 3.63) is 87.5 Å². The fourth-order valence-electron chi connectivity index (χ4n) is 5.50. The molecule has 0 saturated heterocycles.